The second kappa shape index (κ2) is 8.38. The van der Waals surface area contributed by atoms with Crippen LogP contribution in [0.15, 0.2) is 24.5 Å². The summed E-state index contributed by atoms with van der Waals surface area (Å²) in [5, 5.41) is 0. The average Bonchev–Trinajstić information content (AvgIpc) is 1.90. The summed E-state index contributed by atoms with van der Waals surface area (Å²) < 4.78 is 1.35. The summed E-state index contributed by atoms with van der Waals surface area (Å²) in [6, 6.07) is 4.05. The van der Waals surface area contributed by atoms with Crippen molar-refractivity contribution in [2.45, 2.75) is 0 Å². The van der Waals surface area contributed by atoms with E-state index in [0.29, 0.717) is 0 Å². The zero-order chi connectivity index (χ0) is 5.82. The molecule has 0 aromatic carbocycles. The molecule has 0 bridgehead atoms. The first-order valence-electron chi connectivity index (χ1n) is 2.38. The van der Waals surface area contributed by atoms with Gasteiger partial charge in [-0.3, -0.25) is 17.9 Å². The number of halogens is 2. The zero-order valence-corrected chi connectivity index (χ0v) is 9.48. The van der Waals surface area contributed by atoms with Gasteiger partial charge in [-0.25, -0.2) is 0 Å². The van der Waals surface area contributed by atoms with Crippen LogP contribution in [0.25, 0.3) is 0 Å². The molecule has 0 saturated carbocycles. The minimum absolute atomic E-state index is 0. The Balaban J connectivity index is 0. The predicted molar refractivity (Wildman–Crippen MR) is 38.6 cm³/mol. The maximum atomic E-state index is 3.96. The van der Waals surface area contributed by atoms with E-state index >= 15 is 0 Å². The molecule has 1 nitrogen and oxygen atoms in total. The van der Waals surface area contributed by atoms with Crippen LogP contribution in [0.4, 0.5) is 0 Å². The Morgan fingerprint density at radius 2 is 2.20 bits per heavy atom. The molecule has 0 fully saturated rings. The van der Waals surface area contributed by atoms with Gasteiger partial charge in [-0.05, 0) is 6.07 Å². The summed E-state index contributed by atoms with van der Waals surface area (Å²) in [6.45, 7) is 0. The Morgan fingerprint density at radius 1 is 1.50 bits per heavy atom. The fourth-order valence-corrected chi connectivity index (χ4v) is 1.87. The molecule has 10 heavy (non-hydrogen) atoms. The van der Waals surface area contributed by atoms with Gasteiger partial charge in [0.1, 0.15) is 0 Å². The van der Waals surface area contributed by atoms with Crippen molar-refractivity contribution >= 4 is 34.8 Å². The van der Waals surface area contributed by atoms with Crippen LogP contribution in [0.1, 0.15) is 0 Å². The molecule has 0 saturated heterocycles. The molecule has 0 aliphatic carbocycles. The molecule has 1 rings (SSSR count). The first-order chi connectivity index (χ1) is 3.93. The number of pyridine rings is 1. The van der Waals surface area contributed by atoms with Crippen molar-refractivity contribution in [3.63, 3.8) is 0 Å². The largest absolute Gasteiger partial charge is 1.00 e. The van der Waals surface area contributed by atoms with E-state index in [1.807, 2.05) is 12.3 Å². The van der Waals surface area contributed by atoms with E-state index in [1.54, 1.807) is 6.20 Å². The maximum absolute atomic E-state index is 3.96. The third-order valence-electron chi connectivity index (χ3n) is 0.877. The molecule has 5 heteroatoms. The molecule has 0 aliphatic heterocycles. The van der Waals surface area contributed by atoms with E-state index in [1.165, 1.54) is 3.69 Å². The molecule has 0 radical (unpaired) electrons. The molecule has 1 heterocycles. The van der Waals surface area contributed by atoms with Crippen LogP contribution < -0.4 is 35.0 Å². The standard InChI is InChI=1S/C5H4N.BrH.ClH.Li.Mg/c1-2-4-6-5-3-1;;;;/h1-2,4-5H;2*1H;;/q;;;2*+1/p-2. The van der Waals surface area contributed by atoms with Gasteiger partial charge in [0.15, 0.2) is 0 Å². The van der Waals surface area contributed by atoms with Crippen LogP contribution in [0.2, 0.25) is 0 Å². The van der Waals surface area contributed by atoms with E-state index < -0.39 is 0 Å². The SMILES string of the molecule is [Br][Mg][c]1cccnc1.[Cl-].[Li+]. The molecule has 0 N–H and O–H groups in total. The van der Waals surface area contributed by atoms with Crippen LogP contribution in [0.3, 0.4) is 0 Å². The second-order valence-corrected chi connectivity index (χ2v) is 4.26. The van der Waals surface area contributed by atoms with Crippen molar-refractivity contribution in [2.24, 2.45) is 0 Å². The number of hydrogen-bond acceptors (Lipinski definition) is 1. The third kappa shape index (κ3) is 5.00. The summed E-state index contributed by atoms with van der Waals surface area (Å²) in [5.74, 6) is 0. The smallest absolute Gasteiger partial charge is 1.00 e. The van der Waals surface area contributed by atoms with Crippen LogP contribution in [0, 0.1) is 0 Å². The van der Waals surface area contributed by atoms with Gasteiger partial charge in [-0.1, -0.05) is 6.07 Å². The van der Waals surface area contributed by atoms with Gasteiger partial charge >= 0.3 is 37.1 Å². The Labute approximate surface area is 94.6 Å². The molecular formula is C5H4BrClLiMgN. The minimum Gasteiger partial charge on any atom is -1.00 e. The van der Waals surface area contributed by atoms with Crippen LogP contribution in [-0.4, -0.2) is 23.2 Å². The van der Waals surface area contributed by atoms with Gasteiger partial charge < -0.3 is 12.4 Å². The summed E-state index contributed by atoms with van der Waals surface area (Å²) in [7, 11) is 0. The Hall–Kier alpha value is 1.28. The number of rotatable bonds is 1. The van der Waals surface area contributed by atoms with Crippen molar-refractivity contribution in [3.05, 3.63) is 24.5 Å². The molecular weight excluding hydrogens is 221 g/mol. The number of aromatic nitrogens is 1. The van der Waals surface area contributed by atoms with E-state index in [2.05, 4.69) is 23.9 Å². The van der Waals surface area contributed by atoms with Crippen molar-refractivity contribution in [1.29, 1.82) is 0 Å². The second-order valence-electron chi connectivity index (χ2n) is 1.49. The van der Waals surface area contributed by atoms with Gasteiger partial charge in [-0.15, -0.1) is 3.69 Å². The molecule has 0 atom stereocenters. The van der Waals surface area contributed by atoms with Crippen molar-refractivity contribution in [3.8, 4) is 0 Å². The van der Waals surface area contributed by atoms with Crippen LogP contribution in [-0.2, 0) is 0 Å². The predicted octanol–water partition coefficient (Wildman–Crippen LogP) is -5.27. The molecule has 1 aromatic heterocycles. The Morgan fingerprint density at radius 3 is 2.50 bits per heavy atom. The summed E-state index contributed by atoms with van der Waals surface area (Å²) in [4.78, 5) is 3.96. The van der Waals surface area contributed by atoms with E-state index in [9.17, 15) is 0 Å². The van der Waals surface area contributed by atoms with Gasteiger partial charge in [0.25, 0.3) is 0 Å². The minimum atomic E-state index is -0.159. The van der Waals surface area contributed by atoms with Crippen LogP contribution in [0.5, 0.6) is 0 Å². The fraction of sp³-hybridized carbons (Fsp3) is 0. The summed E-state index contributed by atoms with van der Waals surface area (Å²) >= 11 is 3.30. The topological polar surface area (TPSA) is 12.9 Å². The van der Waals surface area contributed by atoms with Gasteiger partial charge in [0.05, 0.1) is 0 Å². The van der Waals surface area contributed by atoms with Crippen molar-refractivity contribution in [1.82, 2.24) is 4.98 Å². The van der Waals surface area contributed by atoms with Crippen molar-refractivity contribution < 1.29 is 31.3 Å². The monoisotopic (exact) mass is 223 g/mol. The zero-order valence-electron chi connectivity index (χ0n) is 5.72. The maximum Gasteiger partial charge on any atom is 1.00 e. The van der Waals surface area contributed by atoms with Crippen molar-refractivity contribution in [2.75, 3.05) is 0 Å². The number of hydrogen-bond donors (Lipinski definition) is 0. The van der Waals surface area contributed by atoms with Gasteiger partial charge in [0.2, 0.25) is 0 Å². The first kappa shape index (κ1) is 13.8. The third-order valence-corrected chi connectivity index (χ3v) is 3.55. The normalized spacial score (nSPS) is 6.50. The first-order valence-corrected chi connectivity index (χ1v) is 6.99. The van der Waals surface area contributed by atoms with Crippen LogP contribution >= 0.6 is 12.9 Å². The molecule has 0 aliphatic rings. The molecule has 0 spiro atoms. The molecule has 46 valence electrons. The molecule has 0 amide bonds. The van der Waals surface area contributed by atoms with E-state index in [0.717, 1.165) is 0 Å². The average molecular weight is 225 g/mol. The van der Waals surface area contributed by atoms with Gasteiger partial charge in [-0.2, -0.15) is 0 Å². The summed E-state index contributed by atoms with van der Waals surface area (Å²) in [5.41, 5.74) is 0. The quantitative estimate of drug-likeness (QED) is 0.435. The molecule has 0 unspecified atom stereocenters. The number of nitrogens with zero attached hydrogens (tertiary/aromatic N) is 1. The summed E-state index contributed by atoms with van der Waals surface area (Å²) in [6.07, 6.45) is 3.70. The Bertz CT molecular complexity index is 163. The molecule has 1 aromatic rings. The van der Waals surface area contributed by atoms with E-state index in [-0.39, 0.29) is 49.5 Å². The Kier molecular flexibility index (Phi) is 11.6. The fourth-order valence-electron chi connectivity index (χ4n) is 0.477. The van der Waals surface area contributed by atoms with Gasteiger partial charge in [0, 0.05) is 12.4 Å². The van der Waals surface area contributed by atoms with E-state index in [4.69, 9.17) is 0 Å².